The second kappa shape index (κ2) is 6.89. The number of nitrogens with zero attached hydrogens (tertiary/aromatic N) is 1. The van der Waals surface area contributed by atoms with Crippen molar-refractivity contribution in [2.75, 3.05) is 24.6 Å². The molecule has 1 rings (SSSR count). The summed E-state index contributed by atoms with van der Waals surface area (Å²) in [5.74, 6) is 0. The van der Waals surface area contributed by atoms with E-state index in [0.29, 0.717) is 13.1 Å². The molecule has 0 radical (unpaired) electrons. The average molecular weight is 287 g/mol. The first-order valence-corrected chi connectivity index (χ1v) is 6.36. The van der Waals surface area contributed by atoms with E-state index in [0.717, 1.165) is 28.7 Å². The van der Waals surface area contributed by atoms with Crippen molar-refractivity contribution in [1.82, 2.24) is 0 Å². The van der Waals surface area contributed by atoms with Crippen molar-refractivity contribution in [3.05, 3.63) is 28.2 Å². The first-order valence-electron chi connectivity index (χ1n) is 5.57. The summed E-state index contributed by atoms with van der Waals surface area (Å²) in [5, 5.41) is 9.06. The highest BCUT2D eigenvalue weighted by Gasteiger charge is 2.09. The van der Waals surface area contributed by atoms with Gasteiger partial charge in [0.05, 0.1) is 6.61 Å². The molecule has 0 atom stereocenters. The number of nitrogens with two attached hydrogens (primary N) is 1. The van der Waals surface area contributed by atoms with E-state index >= 15 is 0 Å². The van der Waals surface area contributed by atoms with E-state index in [9.17, 15) is 0 Å². The molecule has 3 nitrogen and oxygen atoms in total. The number of hydrogen-bond donors (Lipinski definition) is 2. The lowest BCUT2D eigenvalue weighted by atomic mass is 10.1. The van der Waals surface area contributed by atoms with Crippen LogP contribution in [0.25, 0.3) is 0 Å². The van der Waals surface area contributed by atoms with Gasteiger partial charge in [0.15, 0.2) is 0 Å². The highest BCUT2D eigenvalue weighted by Crippen LogP contribution is 2.24. The molecular formula is C12H19BrN2O. The minimum absolute atomic E-state index is 0.167. The van der Waals surface area contributed by atoms with Crippen LogP contribution in [0.3, 0.4) is 0 Å². The molecule has 0 aromatic heterocycles. The number of aliphatic hydroxyl groups excluding tert-OH is 1. The Kier molecular flexibility index (Phi) is 5.80. The normalized spacial score (nSPS) is 10.5. The van der Waals surface area contributed by atoms with Crippen LogP contribution in [-0.4, -0.2) is 24.8 Å². The fourth-order valence-electron chi connectivity index (χ4n) is 1.77. The largest absolute Gasteiger partial charge is 0.395 e. The van der Waals surface area contributed by atoms with Crippen LogP contribution < -0.4 is 10.6 Å². The minimum Gasteiger partial charge on any atom is -0.395 e. The molecule has 0 saturated carbocycles. The summed E-state index contributed by atoms with van der Waals surface area (Å²) in [4.78, 5) is 2.18. The van der Waals surface area contributed by atoms with Gasteiger partial charge in [0, 0.05) is 29.8 Å². The molecule has 0 bridgehead atoms. The van der Waals surface area contributed by atoms with Crippen molar-refractivity contribution in [3.63, 3.8) is 0 Å². The predicted octanol–water partition coefficient (Wildman–Crippen LogP) is 2.12. The van der Waals surface area contributed by atoms with Gasteiger partial charge in [-0.1, -0.05) is 22.9 Å². The Bertz CT molecular complexity index is 325. The zero-order chi connectivity index (χ0) is 12.0. The lowest BCUT2D eigenvalue weighted by molar-refractivity contribution is 0.301. The third-order valence-electron chi connectivity index (χ3n) is 2.47. The van der Waals surface area contributed by atoms with E-state index in [-0.39, 0.29) is 6.61 Å². The fourth-order valence-corrected chi connectivity index (χ4v) is 2.18. The number of hydrogen-bond acceptors (Lipinski definition) is 3. The summed E-state index contributed by atoms with van der Waals surface area (Å²) >= 11 is 3.44. The van der Waals surface area contributed by atoms with Crippen LogP contribution in [-0.2, 0) is 6.54 Å². The zero-order valence-corrected chi connectivity index (χ0v) is 11.2. The van der Waals surface area contributed by atoms with Gasteiger partial charge in [-0.05, 0) is 30.2 Å². The third kappa shape index (κ3) is 3.47. The minimum atomic E-state index is 0.167. The summed E-state index contributed by atoms with van der Waals surface area (Å²) in [5.41, 5.74) is 7.97. The third-order valence-corrected chi connectivity index (χ3v) is 2.96. The Morgan fingerprint density at radius 2 is 2.12 bits per heavy atom. The fraction of sp³-hybridized carbons (Fsp3) is 0.500. The maximum Gasteiger partial charge on any atom is 0.0606 e. The van der Waals surface area contributed by atoms with Gasteiger partial charge in [0.25, 0.3) is 0 Å². The summed E-state index contributed by atoms with van der Waals surface area (Å²) < 4.78 is 1.04. The van der Waals surface area contributed by atoms with Gasteiger partial charge in [-0.15, -0.1) is 0 Å². The van der Waals surface area contributed by atoms with Crippen molar-refractivity contribution in [2.45, 2.75) is 19.9 Å². The first kappa shape index (κ1) is 13.5. The van der Waals surface area contributed by atoms with E-state index in [1.54, 1.807) is 0 Å². The van der Waals surface area contributed by atoms with E-state index < -0.39 is 0 Å². The van der Waals surface area contributed by atoms with Crippen LogP contribution in [0.15, 0.2) is 22.7 Å². The number of benzene rings is 1. The van der Waals surface area contributed by atoms with E-state index in [2.05, 4.69) is 33.8 Å². The van der Waals surface area contributed by atoms with Gasteiger partial charge in [0.1, 0.15) is 0 Å². The standard InChI is InChI=1S/C12H19BrN2O/c1-2-5-15(6-7-16)12-4-3-11(13)8-10(12)9-14/h3-4,8,16H,2,5-7,9,14H2,1H3. The maximum absolute atomic E-state index is 9.06. The molecule has 16 heavy (non-hydrogen) atoms. The Hall–Kier alpha value is -0.580. The monoisotopic (exact) mass is 286 g/mol. The average Bonchev–Trinajstić information content (AvgIpc) is 2.28. The maximum atomic E-state index is 9.06. The molecule has 0 fully saturated rings. The van der Waals surface area contributed by atoms with Crippen molar-refractivity contribution < 1.29 is 5.11 Å². The highest BCUT2D eigenvalue weighted by atomic mass is 79.9. The Balaban J connectivity index is 2.97. The van der Waals surface area contributed by atoms with Gasteiger partial charge >= 0.3 is 0 Å². The van der Waals surface area contributed by atoms with E-state index in [4.69, 9.17) is 10.8 Å². The van der Waals surface area contributed by atoms with Crippen LogP contribution >= 0.6 is 15.9 Å². The molecule has 0 aliphatic carbocycles. The molecule has 0 aliphatic heterocycles. The first-order chi connectivity index (χ1) is 7.72. The van der Waals surface area contributed by atoms with E-state index in [1.165, 1.54) is 0 Å². The van der Waals surface area contributed by atoms with Crippen LogP contribution in [0, 0.1) is 0 Å². The molecule has 0 unspecified atom stereocenters. The predicted molar refractivity (Wildman–Crippen MR) is 71.6 cm³/mol. The SMILES string of the molecule is CCCN(CCO)c1ccc(Br)cc1CN. The Morgan fingerprint density at radius 1 is 1.38 bits per heavy atom. The summed E-state index contributed by atoms with van der Waals surface area (Å²) in [6.07, 6.45) is 1.06. The molecule has 4 heteroatoms. The van der Waals surface area contributed by atoms with Crippen molar-refractivity contribution in [3.8, 4) is 0 Å². The van der Waals surface area contributed by atoms with Gasteiger partial charge in [0.2, 0.25) is 0 Å². The van der Waals surface area contributed by atoms with Crippen LogP contribution in [0.1, 0.15) is 18.9 Å². The number of anilines is 1. The lowest BCUT2D eigenvalue weighted by Gasteiger charge is -2.25. The number of halogens is 1. The Morgan fingerprint density at radius 3 is 2.69 bits per heavy atom. The van der Waals surface area contributed by atoms with Crippen LogP contribution in [0.4, 0.5) is 5.69 Å². The second-order valence-corrected chi connectivity index (χ2v) is 4.60. The van der Waals surface area contributed by atoms with Crippen LogP contribution in [0.5, 0.6) is 0 Å². The molecule has 3 N–H and O–H groups in total. The molecule has 1 aromatic rings. The lowest BCUT2D eigenvalue weighted by Crippen LogP contribution is -2.28. The molecule has 1 aromatic carbocycles. The van der Waals surface area contributed by atoms with Gasteiger partial charge in [-0.2, -0.15) is 0 Å². The smallest absolute Gasteiger partial charge is 0.0606 e. The van der Waals surface area contributed by atoms with Gasteiger partial charge < -0.3 is 15.7 Å². The molecule has 0 amide bonds. The molecule has 0 aliphatic rings. The number of rotatable bonds is 6. The highest BCUT2D eigenvalue weighted by molar-refractivity contribution is 9.10. The van der Waals surface area contributed by atoms with Crippen molar-refractivity contribution in [1.29, 1.82) is 0 Å². The van der Waals surface area contributed by atoms with Gasteiger partial charge in [-0.3, -0.25) is 0 Å². The molecule has 0 spiro atoms. The Labute approximate surface area is 105 Å². The molecule has 0 saturated heterocycles. The summed E-state index contributed by atoms with van der Waals surface area (Å²) in [7, 11) is 0. The summed E-state index contributed by atoms with van der Waals surface area (Å²) in [6.45, 7) is 4.41. The van der Waals surface area contributed by atoms with Gasteiger partial charge in [-0.25, -0.2) is 0 Å². The van der Waals surface area contributed by atoms with E-state index in [1.807, 2.05) is 12.1 Å². The quantitative estimate of drug-likeness (QED) is 0.842. The topological polar surface area (TPSA) is 49.5 Å². The number of aliphatic hydroxyl groups is 1. The zero-order valence-electron chi connectivity index (χ0n) is 9.62. The van der Waals surface area contributed by atoms with Crippen molar-refractivity contribution >= 4 is 21.6 Å². The van der Waals surface area contributed by atoms with Crippen LogP contribution in [0.2, 0.25) is 0 Å². The molecule has 90 valence electrons. The molecular weight excluding hydrogens is 268 g/mol. The second-order valence-electron chi connectivity index (χ2n) is 3.69. The molecule has 0 heterocycles. The summed E-state index contributed by atoms with van der Waals surface area (Å²) in [6, 6.07) is 6.10. The van der Waals surface area contributed by atoms with Crippen molar-refractivity contribution in [2.24, 2.45) is 5.73 Å².